The zero-order valence-corrected chi connectivity index (χ0v) is 22.2. The average Bonchev–Trinajstić information content (AvgIpc) is 2.93. The minimum absolute atomic E-state index is 0.506. The Balaban J connectivity index is 1.63. The van der Waals surface area contributed by atoms with Crippen molar-refractivity contribution in [2.45, 2.75) is 6.61 Å². The summed E-state index contributed by atoms with van der Waals surface area (Å²) in [5.74, 6) is 0. The van der Waals surface area contributed by atoms with Crippen LogP contribution in [0.4, 0.5) is 0 Å². The van der Waals surface area contributed by atoms with Gasteiger partial charge in [0.25, 0.3) is 0 Å². The Morgan fingerprint density at radius 2 is 0.703 bits per heavy atom. The molecule has 0 bridgehead atoms. The van der Waals surface area contributed by atoms with Crippen molar-refractivity contribution in [1.82, 2.24) is 0 Å². The number of ether oxygens (including phenoxy) is 10. The van der Waals surface area contributed by atoms with Crippen LogP contribution in [-0.2, 0) is 54.0 Å². The van der Waals surface area contributed by atoms with Crippen LogP contribution in [0.3, 0.4) is 0 Å². The monoisotopic (exact) mass is 530 g/mol. The summed E-state index contributed by atoms with van der Waals surface area (Å²) in [7, 11) is 0. The maximum atomic E-state index is 5.55. The van der Waals surface area contributed by atoms with Gasteiger partial charge in [0.05, 0.1) is 125 Å². The van der Waals surface area contributed by atoms with Gasteiger partial charge in [0.1, 0.15) is 6.61 Å². The van der Waals surface area contributed by atoms with Gasteiger partial charge in [-0.15, -0.1) is 0 Å². The highest BCUT2D eigenvalue weighted by molar-refractivity contribution is 5.13. The molecule has 0 fully saturated rings. The first-order valence-electron chi connectivity index (χ1n) is 12.9. The highest BCUT2D eigenvalue weighted by Crippen LogP contribution is 2.00. The molecule has 0 saturated heterocycles. The van der Waals surface area contributed by atoms with E-state index in [1.54, 1.807) is 0 Å². The van der Waals surface area contributed by atoms with Crippen molar-refractivity contribution in [2.24, 2.45) is 0 Å². The first kappa shape index (κ1) is 33.4. The predicted octanol–water partition coefficient (Wildman–Crippen LogP) is 2.50. The van der Waals surface area contributed by atoms with Gasteiger partial charge in [0, 0.05) is 0 Å². The number of hydrogen-bond donors (Lipinski definition) is 0. The zero-order valence-electron chi connectivity index (χ0n) is 22.2. The molecule has 0 aliphatic carbocycles. The van der Waals surface area contributed by atoms with Gasteiger partial charge in [-0.3, -0.25) is 0 Å². The first-order chi connectivity index (χ1) is 18.4. The molecule has 0 radical (unpaired) electrons. The summed E-state index contributed by atoms with van der Waals surface area (Å²) in [5, 5.41) is 0. The second-order valence-electron chi connectivity index (χ2n) is 7.47. The number of rotatable bonds is 30. The molecular weight excluding hydrogens is 484 g/mol. The molecule has 37 heavy (non-hydrogen) atoms. The molecule has 0 heterocycles. The van der Waals surface area contributed by atoms with E-state index in [2.05, 4.69) is 6.58 Å². The number of benzene rings is 1. The maximum absolute atomic E-state index is 5.55. The van der Waals surface area contributed by atoms with Crippen LogP contribution in [0.15, 0.2) is 43.2 Å². The van der Waals surface area contributed by atoms with E-state index < -0.39 is 0 Å². The molecule has 0 spiro atoms. The van der Waals surface area contributed by atoms with E-state index in [-0.39, 0.29) is 0 Å². The SMILES string of the molecule is C=COCCOCCOCCOCCOCCOCCOCCOCCOCCOCc1ccccc1. The van der Waals surface area contributed by atoms with Gasteiger partial charge in [0.2, 0.25) is 0 Å². The van der Waals surface area contributed by atoms with Gasteiger partial charge >= 0.3 is 0 Å². The van der Waals surface area contributed by atoms with Crippen LogP contribution in [0.2, 0.25) is 0 Å². The fraction of sp³-hybridized carbons (Fsp3) is 0.704. The lowest BCUT2D eigenvalue weighted by molar-refractivity contribution is -0.0259. The van der Waals surface area contributed by atoms with Crippen LogP contribution in [0.25, 0.3) is 0 Å². The smallest absolute Gasteiger partial charge is 0.111 e. The molecule has 0 saturated carbocycles. The molecule has 10 heteroatoms. The largest absolute Gasteiger partial charge is 0.499 e. The van der Waals surface area contributed by atoms with Gasteiger partial charge < -0.3 is 47.4 Å². The lowest BCUT2D eigenvalue weighted by atomic mass is 10.2. The summed E-state index contributed by atoms with van der Waals surface area (Å²) >= 11 is 0. The Bertz CT molecular complexity index is 576. The minimum atomic E-state index is 0.506. The summed E-state index contributed by atoms with van der Waals surface area (Å²) in [4.78, 5) is 0. The molecule has 0 aromatic heterocycles. The van der Waals surface area contributed by atoms with Crippen LogP contribution in [-0.4, -0.2) is 119 Å². The Labute approximate surface area is 222 Å². The summed E-state index contributed by atoms with van der Waals surface area (Å²) in [6, 6.07) is 10.1. The second kappa shape index (κ2) is 29.0. The lowest BCUT2D eigenvalue weighted by Gasteiger charge is -2.09. The van der Waals surface area contributed by atoms with Crippen molar-refractivity contribution in [3.63, 3.8) is 0 Å². The Morgan fingerprint density at radius 1 is 0.405 bits per heavy atom. The van der Waals surface area contributed by atoms with E-state index >= 15 is 0 Å². The third kappa shape index (κ3) is 25.8. The van der Waals surface area contributed by atoms with Crippen LogP contribution in [0.1, 0.15) is 5.56 Å². The van der Waals surface area contributed by atoms with E-state index in [0.717, 1.165) is 5.56 Å². The maximum Gasteiger partial charge on any atom is 0.111 e. The molecule has 0 aliphatic rings. The van der Waals surface area contributed by atoms with Crippen molar-refractivity contribution in [3.05, 3.63) is 48.7 Å². The normalized spacial score (nSPS) is 11.1. The van der Waals surface area contributed by atoms with Gasteiger partial charge in [-0.1, -0.05) is 36.9 Å². The molecule has 0 aliphatic heterocycles. The standard InChI is InChI=1S/C27H46O10/c1-2-28-8-9-29-10-11-30-12-13-31-14-15-32-16-17-33-18-19-34-20-21-35-22-23-36-24-25-37-26-27-6-4-3-5-7-27/h2-7H,1,8-26H2. The molecule has 1 aromatic carbocycles. The van der Waals surface area contributed by atoms with Crippen LogP contribution >= 0.6 is 0 Å². The Morgan fingerprint density at radius 3 is 1.03 bits per heavy atom. The molecular formula is C27H46O10. The molecule has 10 nitrogen and oxygen atoms in total. The van der Waals surface area contributed by atoms with E-state index in [1.165, 1.54) is 6.26 Å². The van der Waals surface area contributed by atoms with Gasteiger partial charge in [-0.25, -0.2) is 0 Å². The summed E-state index contributed by atoms with van der Waals surface area (Å²) in [5.41, 5.74) is 1.16. The molecule has 1 rings (SSSR count). The van der Waals surface area contributed by atoms with Gasteiger partial charge in [0.15, 0.2) is 0 Å². The van der Waals surface area contributed by atoms with Crippen molar-refractivity contribution >= 4 is 0 Å². The molecule has 0 unspecified atom stereocenters. The Hall–Kier alpha value is -1.60. The summed E-state index contributed by atoms with van der Waals surface area (Å²) in [6.07, 6.45) is 1.40. The average molecular weight is 531 g/mol. The topological polar surface area (TPSA) is 92.3 Å². The van der Waals surface area contributed by atoms with E-state index in [9.17, 15) is 0 Å². The van der Waals surface area contributed by atoms with E-state index in [0.29, 0.717) is 126 Å². The van der Waals surface area contributed by atoms with Gasteiger partial charge in [-0.2, -0.15) is 0 Å². The van der Waals surface area contributed by atoms with E-state index in [4.69, 9.17) is 47.4 Å². The van der Waals surface area contributed by atoms with Crippen molar-refractivity contribution in [2.75, 3.05) is 119 Å². The fourth-order valence-corrected chi connectivity index (χ4v) is 2.71. The zero-order chi connectivity index (χ0) is 26.3. The van der Waals surface area contributed by atoms with Crippen molar-refractivity contribution < 1.29 is 47.4 Å². The van der Waals surface area contributed by atoms with Crippen LogP contribution < -0.4 is 0 Å². The third-order valence-electron chi connectivity index (χ3n) is 4.55. The molecule has 0 atom stereocenters. The van der Waals surface area contributed by atoms with Gasteiger partial charge in [-0.05, 0) is 5.56 Å². The Kier molecular flexibility index (Phi) is 26.2. The van der Waals surface area contributed by atoms with Crippen molar-refractivity contribution in [1.29, 1.82) is 0 Å². The third-order valence-corrected chi connectivity index (χ3v) is 4.55. The first-order valence-corrected chi connectivity index (χ1v) is 12.9. The summed E-state index contributed by atoms with van der Waals surface area (Å²) < 4.78 is 53.9. The summed E-state index contributed by atoms with van der Waals surface area (Å²) in [6.45, 7) is 13.6. The van der Waals surface area contributed by atoms with E-state index in [1.807, 2.05) is 30.3 Å². The molecule has 214 valence electrons. The second-order valence-corrected chi connectivity index (χ2v) is 7.47. The minimum Gasteiger partial charge on any atom is -0.499 e. The van der Waals surface area contributed by atoms with Crippen molar-refractivity contribution in [3.8, 4) is 0 Å². The molecule has 0 amide bonds. The van der Waals surface area contributed by atoms with Crippen LogP contribution in [0.5, 0.6) is 0 Å². The lowest BCUT2D eigenvalue weighted by Crippen LogP contribution is -2.15. The van der Waals surface area contributed by atoms with Crippen LogP contribution in [0, 0.1) is 0 Å². The molecule has 1 aromatic rings. The fourth-order valence-electron chi connectivity index (χ4n) is 2.71. The highest BCUT2D eigenvalue weighted by Gasteiger charge is 1.96. The highest BCUT2D eigenvalue weighted by atomic mass is 16.6. The predicted molar refractivity (Wildman–Crippen MR) is 139 cm³/mol. The molecule has 0 N–H and O–H groups in total. The number of hydrogen-bond acceptors (Lipinski definition) is 10. The quantitative estimate of drug-likeness (QED) is 0.109.